The average molecular weight is 321 g/mol. The van der Waals surface area contributed by atoms with Gasteiger partial charge in [0.2, 0.25) is 10.0 Å². The molecule has 2 rings (SSSR count). The van der Waals surface area contributed by atoms with Gasteiger partial charge in [0, 0.05) is 26.3 Å². The topological polar surface area (TPSA) is 84.7 Å². The quantitative estimate of drug-likeness (QED) is 0.700. The van der Waals surface area contributed by atoms with Gasteiger partial charge in [0.25, 0.3) is 0 Å². The fourth-order valence-electron chi connectivity index (χ4n) is 2.74. The van der Waals surface area contributed by atoms with Crippen LogP contribution in [0.25, 0.3) is 0 Å². The molecule has 0 aromatic carbocycles. The van der Waals surface area contributed by atoms with Gasteiger partial charge in [-0.25, -0.2) is 13.1 Å². The third-order valence-corrected chi connectivity index (χ3v) is 6.67. The summed E-state index contributed by atoms with van der Waals surface area (Å²) in [4.78, 5) is 2.40. The first kappa shape index (κ1) is 16.1. The van der Waals surface area contributed by atoms with E-state index in [4.69, 9.17) is 22.7 Å². The Balaban J connectivity index is 2.13. The number of ether oxygens (including phenoxy) is 1. The van der Waals surface area contributed by atoms with Crippen LogP contribution in [0.3, 0.4) is 0 Å². The lowest BCUT2D eigenvalue weighted by Crippen LogP contribution is -2.62. The van der Waals surface area contributed by atoms with Crippen LogP contribution in [0.2, 0.25) is 0 Å². The number of nitrogens with zero attached hydrogens (tertiary/aromatic N) is 1. The molecule has 20 heavy (non-hydrogen) atoms. The minimum atomic E-state index is -3.42. The van der Waals surface area contributed by atoms with Gasteiger partial charge in [0.15, 0.2) is 0 Å². The van der Waals surface area contributed by atoms with Gasteiger partial charge >= 0.3 is 0 Å². The number of nitrogens with one attached hydrogen (secondary N) is 1. The molecule has 0 unspecified atom stereocenters. The molecule has 0 bridgehead atoms. The smallest absolute Gasteiger partial charge is 0.215 e. The van der Waals surface area contributed by atoms with E-state index < -0.39 is 20.8 Å². The van der Waals surface area contributed by atoms with Crippen molar-refractivity contribution in [3.8, 4) is 0 Å². The lowest BCUT2D eigenvalue weighted by atomic mass is 9.89. The van der Waals surface area contributed by atoms with Gasteiger partial charge < -0.3 is 15.4 Å². The maximum absolute atomic E-state index is 12.5. The number of nitrogens with two attached hydrogens (primary N) is 1. The lowest BCUT2D eigenvalue weighted by molar-refractivity contribution is 0.0978. The van der Waals surface area contributed by atoms with Crippen molar-refractivity contribution >= 4 is 27.2 Å². The SMILES string of the molecule is CN1CCC(NS(=O)(=O)C2CCOCC2)(C(N)=S)CC1. The van der Waals surface area contributed by atoms with E-state index in [1.807, 2.05) is 7.05 Å². The summed E-state index contributed by atoms with van der Waals surface area (Å²) in [6.45, 7) is 2.56. The van der Waals surface area contributed by atoms with E-state index in [0.717, 1.165) is 13.1 Å². The highest BCUT2D eigenvalue weighted by Gasteiger charge is 2.42. The molecule has 0 radical (unpaired) electrons. The zero-order valence-corrected chi connectivity index (χ0v) is 13.4. The first-order chi connectivity index (χ1) is 9.36. The summed E-state index contributed by atoms with van der Waals surface area (Å²) in [5.41, 5.74) is 5.08. The van der Waals surface area contributed by atoms with E-state index in [2.05, 4.69) is 9.62 Å². The molecular formula is C12H23N3O3S2. The first-order valence-corrected chi connectivity index (χ1v) is 8.90. The number of hydrogen-bond acceptors (Lipinski definition) is 5. The van der Waals surface area contributed by atoms with Gasteiger partial charge in [-0.2, -0.15) is 0 Å². The molecule has 2 saturated heterocycles. The Kier molecular flexibility index (Phi) is 5.01. The number of sulfonamides is 1. The number of hydrogen-bond donors (Lipinski definition) is 2. The Morgan fingerprint density at radius 1 is 1.35 bits per heavy atom. The third-order valence-electron chi connectivity index (χ3n) is 4.26. The van der Waals surface area contributed by atoms with Gasteiger partial charge in [0.05, 0.1) is 15.8 Å². The van der Waals surface area contributed by atoms with Crippen LogP contribution in [0.5, 0.6) is 0 Å². The summed E-state index contributed by atoms with van der Waals surface area (Å²) in [5, 5.41) is -0.401. The minimum absolute atomic E-state index is 0.251. The third kappa shape index (κ3) is 3.48. The summed E-state index contributed by atoms with van der Waals surface area (Å²) in [7, 11) is -1.41. The van der Waals surface area contributed by atoms with Crippen LogP contribution in [0.15, 0.2) is 0 Å². The molecule has 6 nitrogen and oxygen atoms in total. The predicted octanol–water partition coefficient (Wildman–Crippen LogP) is -0.165. The second-order valence-electron chi connectivity index (χ2n) is 5.71. The van der Waals surface area contributed by atoms with Crippen molar-refractivity contribution in [2.45, 2.75) is 36.5 Å². The average Bonchev–Trinajstić information content (AvgIpc) is 2.42. The largest absolute Gasteiger partial charge is 0.392 e. The van der Waals surface area contributed by atoms with Crippen LogP contribution in [0.1, 0.15) is 25.7 Å². The molecule has 0 aliphatic carbocycles. The van der Waals surface area contributed by atoms with Crippen molar-refractivity contribution in [3.63, 3.8) is 0 Å². The van der Waals surface area contributed by atoms with E-state index in [0.29, 0.717) is 38.9 Å². The van der Waals surface area contributed by atoms with Gasteiger partial charge in [-0.3, -0.25) is 0 Å². The van der Waals surface area contributed by atoms with E-state index in [1.165, 1.54) is 0 Å². The van der Waals surface area contributed by atoms with Gasteiger partial charge in [0.1, 0.15) is 0 Å². The highest BCUT2D eigenvalue weighted by Crippen LogP contribution is 2.25. The zero-order valence-electron chi connectivity index (χ0n) is 11.8. The fraction of sp³-hybridized carbons (Fsp3) is 0.917. The van der Waals surface area contributed by atoms with Crippen molar-refractivity contribution in [2.75, 3.05) is 33.4 Å². The van der Waals surface area contributed by atoms with Crippen LogP contribution < -0.4 is 10.5 Å². The Morgan fingerprint density at radius 2 is 1.90 bits per heavy atom. The van der Waals surface area contributed by atoms with Crippen LogP contribution in [-0.4, -0.2) is 62.4 Å². The molecule has 0 aromatic heterocycles. The van der Waals surface area contributed by atoms with Crippen molar-refractivity contribution in [1.82, 2.24) is 9.62 Å². The summed E-state index contributed by atoms with van der Waals surface area (Å²) in [5.74, 6) is 0. The Hall–Kier alpha value is -0.280. The van der Waals surface area contributed by atoms with Crippen molar-refractivity contribution in [2.24, 2.45) is 5.73 Å². The maximum Gasteiger partial charge on any atom is 0.215 e. The number of likely N-dealkylation sites (tertiary alicyclic amines) is 1. The summed E-state index contributed by atoms with van der Waals surface area (Å²) >= 11 is 5.14. The van der Waals surface area contributed by atoms with Crippen LogP contribution >= 0.6 is 12.2 Å². The van der Waals surface area contributed by atoms with E-state index in [1.54, 1.807) is 0 Å². The maximum atomic E-state index is 12.5. The van der Waals surface area contributed by atoms with Crippen molar-refractivity contribution in [1.29, 1.82) is 0 Å². The Morgan fingerprint density at radius 3 is 2.40 bits per heavy atom. The molecular weight excluding hydrogens is 298 g/mol. The van der Waals surface area contributed by atoms with E-state index in [-0.39, 0.29) is 4.99 Å². The number of thiocarbonyl (C=S) groups is 1. The minimum Gasteiger partial charge on any atom is -0.392 e. The summed E-state index contributed by atoms with van der Waals surface area (Å²) in [6.07, 6.45) is 2.31. The molecule has 2 aliphatic heterocycles. The van der Waals surface area contributed by atoms with Crippen LogP contribution in [0, 0.1) is 0 Å². The molecule has 116 valence electrons. The molecule has 0 aromatic rings. The van der Waals surface area contributed by atoms with Crippen LogP contribution in [-0.2, 0) is 14.8 Å². The second-order valence-corrected chi connectivity index (χ2v) is 8.11. The van der Waals surface area contributed by atoms with E-state index in [9.17, 15) is 8.42 Å². The second kappa shape index (κ2) is 6.23. The Bertz CT molecular complexity index is 453. The number of piperidine rings is 1. The monoisotopic (exact) mass is 321 g/mol. The normalized spacial score (nSPS) is 25.4. The van der Waals surface area contributed by atoms with Gasteiger partial charge in [-0.05, 0) is 32.7 Å². The molecule has 0 amide bonds. The zero-order chi connectivity index (χ0) is 14.8. The summed E-state index contributed by atoms with van der Waals surface area (Å²) < 4.78 is 33.1. The fourth-order valence-corrected chi connectivity index (χ4v) is 4.90. The molecule has 0 atom stereocenters. The summed E-state index contributed by atoms with van der Waals surface area (Å²) in [6, 6.07) is 0. The molecule has 8 heteroatoms. The lowest BCUT2D eigenvalue weighted by Gasteiger charge is -2.41. The van der Waals surface area contributed by atoms with Crippen molar-refractivity contribution in [3.05, 3.63) is 0 Å². The predicted molar refractivity (Wildman–Crippen MR) is 82.1 cm³/mol. The standard InChI is InChI=1S/C12H23N3O3S2/c1-15-6-4-12(5-7-15,11(13)19)14-20(16,17)10-2-8-18-9-3-10/h10,14H,2-9H2,1H3,(H2,13,19). The van der Waals surface area contributed by atoms with Gasteiger partial charge in [-0.15, -0.1) is 0 Å². The highest BCUT2D eigenvalue weighted by atomic mass is 32.2. The molecule has 2 aliphatic rings. The molecule has 2 heterocycles. The molecule has 3 N–H and O–H groups in total. The molecule has 0 saturated carbocycles. The van der Waals surface area contributed by atoms with Crippen molar-refractivity contribution < 1.29 is 13.2 Å². The first-order valence-electron chi connectivity index (χ1n) is 6.95. The molecule has 0 spiro atoms. The number of rotatable bonds is 4. The highest BCUT2D eigenvalue weighted by molar-refractivity contribution is 7.90. The Labute approximate surface area is 126 Å². The van der Waals surface area contributed by atoms with Gasteiger partial charge in [-0.1, -0.05) is 12.2 Å². The van der Waals surface area contributed by atoms with Crippen LogP contribution in [0.4, 0.5) is 0 Å². The molecule has 2 fully saturated rings. The van der Waals surface area contributed by atoms with E-state index >= 15 is 0 Å².